The van der Waals surface area contributed by atoms with E-state index in [0.29, 0.717) is 19.3 Å². The van der Waals surface area contributed by atoms with E-state index < -0.39 is 6.10 Å². The Hall–Kier alpha value is -0.910. The molecule has 1 aromatic rings. The van der Waals surface area contributed by atoms with Crippen molar-refractivity contribution in [2.24, 2.45) is 0 Å². The summed E-state index contributed by atoms with van der Waals surface area (Å²) in [6.45, 7) is 3.90. The van der Waals surface area contributed by atoms with Crippen LogP contribution >= 0.6 is 0 Å². The fraction of sp³-hybridized carbons (Fsp3) is 0.786. The Kier molecular flexibility index (Phi) is 5.82. The Morgan fingerprint density at radius 3 is 2.95 bits per heavy atom. The number of rotatable bonds is 8. The molecular formula is C14H25N3O2. The summed E-state index contributed by atoms with van der Waals surface area (Å²) in [6, 6.07) is 2.19. The van der Waals surface area contributed by atoms with E-state index in [1.54, 1.807) is 6.20 Å². The predicted molar refractivity (Wildman–Crippen MR) is 73.9 cm³/mol. The number of hydrogen-bond acceptors (Lipinski definition) is 4. The minimum Gasteiger partial charge on any atom is -0.389 e. The quantitative estimate of drug-likeness (QED) is 0.742. The molecule has 19 heavy (non-hydrogen) atoms. The van der Waals surface area contributed by atoms with Crippen LogP contribution in [0, 0.1) is 0 Å². The van der Waals surface area contributed by atoms with Gasteiger partial charge in [0.2, 0.25) is 0 Å². The molecule has 0 bridgehead atoms. The molecule has 5 nitrogen and oxygen atoms in total. The first-order chi connectivity index (χ1) is 9.24. The van der Waals surface area contributed by atoms with Gasteiger partial charge in [-0.05, 0) is 25.8 Å². The number of aromatic nitrogens is 2. The maximum Gasteiger partial charge on any atom is 0.0897 e. The van der Waals surface area contributed by atoms with Crippen LogP contribution in [0.4, 0.5) is 0 Å². The third kappa shape index (κ3) is 5.30. The van der Waals surface area contributed by atoms with Crippen LogP contribution in [0.15, 0.2) is 18.5 Å². The number of ether oxygens (including phenoxy) is 1. The van der Waals surface area contributed by atoms with E-state index in [1.807, 2.05) is 16.9 Å². The van der Waals surface area contributed by atoms with Gasteiger partial charge in [-0.3, -0.25) is 4.68 Å². The molecule has 0 aromatic carbocycles. The van der Waals surface area contributed by atoms with Crippen molar-refractivity contribution in [3.8, 4) is 0 Å². The highest BCUT2D eigenvalue weighted by atomic mass is 16.5. The van der Waals surface area contributed by atoms with Crippen molar-refractivity contribution in [2.75, 3.05) is 13.2 Å². The number of aliphatic hydroxyl groups excluding tert-OH is 1. The third-order valence-electron chi connectivity index (χ3n) is 3.55. The van der Waals surface area contributed by atoms with Crippen LogP contribution in [0.1, 0.15) is 32.6 Å². The van der Waals surface area contributed by atoms with Crippen LogP contribution in [0.25, 0.3) is 0 Å². The first-order valence-electron chi connectivity index (χ1n) is 7.24. The smallest absolute Gasteiger partial charge is 0.0897 e. The summed E-state index contributed by atoms with van der Waals surface area (Å²) in [4.78, 5) is 0. The molecule has 1 fully saturated rings. The van der Waals surface area contributed by atoms with Crippen LogP contribution in [0.3, 0.4) is 0 Å². The van der Waals surface area contributed by atoms with Crippen LogP contribution in [0.5, 0.6) is 0 Å². The van der Waals surface area contributed by atoms with Gasteiger partial charge < -0.3 is 15.2 Å². The average molecular weight is 267 g/mol. The van der Waals surface area contributed by atoms with Crippen molar-refractivity contribution in [1.82, 2.24) is 15.1 Å². The van der Waals surface area contributed by atoms with E-state index >= 15 is 0 Å². The highest BCUT2D eigenvalue weighted by Crippen LogP contribution is 2.20. The second-order valence-electron chi connectivity index (χ2n) is 5.43. The monoisotopic (exact) mass is 267 g/mol. The third-order valence-corrected chi connectivity index (χ3v) is 3.55. The normalized spacial score (nSPS) is 19.7. The van der Waals surface area contributed by atoms with Gasteiger partial charge in [-0.15, -0.1) is 0 Å². The van der Waals surface area contributed by atoms with E-state index in [4.69, 9.17) is 4.74 Å². The molecule has 0 saturated heterocycles. The molecule has 0 amide bonds. The molecule has 1 aliphatic carbocycles. The number of nitrogens with one attached hydrogen (secondary N) is 1. The standard InChI is InChI=1S/C14H25N3O2/c1-12(10-17-8-4-7-16-17)15-9-13(18)11-19-14-5-2-3-6-14/h4,7-8,12-15,18H,2-3,5-6,9-11H2,1H3. The molecule has 2 atom stereocenters. The second kappa shape index (κ2) is 7.62. The van der Waals surface area contributed by atoms with Gasteiger partial charge in [0.15, 0.2) is 0 Å². The molecule has 108 valence electrons. The van der Waals surface area contributed by atoms with Gasteiger partial charge in [0.25, 0.3) is 0 Å². The van der Waals surface area contributed by atoms with Crippen molar-refractivity contribution in [3.63, 3.8) is 0 Å². The second-order valence-corrected chi connectivity index (χ2v) is 5.43. The van der Waals surface area contributed by atoms with Gasteiger partial charge in [-0.2, -0.15) is 5.10 Å². The lowest BCUT2D eigenvalue weighted by atomic mass is 10.3. The van der Waals surface area contributed by atoms with Crippen LogP contribution in [-0.4, -0.2) is 46.3 Å². The summed E-state index contributed by atoms with van der Waals surface area (Å²) in [5, 5.41) is 17.3. The first kappa shape index (κ1) is 14.5. The number of nitrogens with zero attached hydrogens (tertiary/aromatic N) is 2. The average Bonchev–Trinajstić information content (AvgIpc) is 3.06. The van der Waals surface area contributed by atoms with E-state index in [9.17, 15) is 5.11 Å². The molecule has 1 saturated carbocycles. The zero-order valence-corrected chi connectivity index (χ0v) is 11.7. The molecule has 0 radical (unpaired) electrons. The molecule has 0 aliphatic heterocycles. The minimum atomic E-state index is -0.430. The highest BCUT2D eigenvalue weighted by molar-refractivity contribution is 4.79. The molecular weight excluding hydrogens is 242 g/mol. The van der Waals surface area contributed by atoms with Crippen molar-refractivity contribution in [3.05, 3.63) is 18.5 Å². The SMILES string of the molecule is CC(Cn1cccn1)NCC(O)COC1CCCC1. The molecule has 2 N–H and O–H groups in total. The molecule has 5 heteroatoms. The Balaban J connectivity index is 1.56. The summed E-state index contributed by atoms with van der Waals surface area (Å²) < 4.78 is 7.58. The van der Waals surface area contributed by atoms with Gasteiger partial charge in [0.1, 0.15) is 0 Å². The van der Waals surface area contributed by atoms with Crippen LogP contribution in [-0.2, 0) is 11.3 Å². The lowest BCUT2D eigenvalue weighted by Gasteiger charge is -2.19. The van der Waals surface area contributed by atoms with Crippen molar-refractivity contribution in [1.29, 1.82) is 0 Å². The summed E-state index contributed by atoms with van der Waals surface area (Å²) in [5.41, 5.74) is 0. The van der Waals surface area contributed by atoms with E-state index in [-0.39, 0.29) is 6.04 Å². The molecule has 1 aromatic heterocycles. The summed E-state index contributed by atoms with van der Waals surface area (Å²) in [6.07, 6.45) is 8.48. The van der Waals surface area contributed by atoms with E-state index in [1.165, 1.54) is 12.8 Å². The topological polar surface area (TPSA) is 59.3 Å². The maximum atomic E-state index is 9.87. The Labute approximate surface area is 115 Å². The zero-order chi connectivity index (χ0) is 13.5. The van der Waals surface area contributed by atoms with Crippen molar-refractivity contribution >= 4 is 0 Å². The van der Waals surface area contributed by atoms with Gasteiger partial charge in [0.05, 0.1) is 25.4 Å². The summed E-state index contributed by atoms with van der Waals surface area (Å²) in [5.74, 6) is 0. The summed E-state index contributed by atoms with van der Waals surface area (Å²) in [7, 11) is 0. The zero-order valence-electron chi connectivity index (χ0n) is 11.7. The molecule has 2 rings (SSSR count). The van der Waals surface area contributed by atoms with Gasteiger partial charge >= 0.3 is 0 Å². The van der Waals surface area contributed by atoms with Gasteiger partial charge in [-0.1, -0.05) is 12.8 Å². The fourth-order valence-electron chi connectivity index (χ4n) is 2.45. The molecule has 0 spiro atoms. The Morgan fingerprint density at radius 2 is 2.26 bits per heavy atom. The summed E-state index contributed by atoms with van der Waals surface area (Å²) >= 11 is 0. The lowest BCUT2D eigenvalue weighted by Crippen LogP contribution is -2.38. The Morgan fingerprint density at radius 1 is 1.47 bits per heavy atom. The van der Waals surface area contributed by atoms with Crippen LogP contribution in [0.2, 0.25) is 0 Å². The number of aliphatic hydroxyl groups is 1. The fourth-order valence-corrected chi connectivity index (χ4v) is 2.45. The highest BCUT2D eigenvalue weighted by Gasteiger charge is 2.17. The van der Waals surface area contributed by atoms with Crippen LogP contribution < -0.4 is 5.32 Å². The van der Waals surface area contributed by atoms with Crippen molar-refractivity contribution in [2.45, 2.75) is 57.4 Å². The molecule has 1 aliphatic rings. The van der Waals surface area contributed by atoms with E-state index in [2.05, 4.69) is 17.3 Å². The lowest BCUT2D eigenvalue weighted by molar-refractivity contribution is -0.00623. The molecule has 2 unspecified atom stereocenters. The van der Waals surface area contributed by atoms with Gasteiger partial charge in [0, 0.05) is 25.0 Å². The van der Waals surface area contributed by atoms with Crippen molar-refractivity contribution < 1.29 is 9.84 Å². The largest absolute Gasteiger partial charge is 0.389 e. The first-order valence-corrected chi connectivity index (χ1v) is 7.24. The maximum absolute atomic E-state index is 9.87. The van der Waals surface area contributed by atoms with E-state index in [0.717, 1.165) is 19.4 Å². The molecule has 1 heterocycles. The number of hydrogen-bond donors (Lipinski definition) is 2. The predicted octanol–water partition coefficient (Wildman–Crippen LogP) is 1.18. The minimum absolute atomic E-state index is 0.279. The Bertz CT molecular complexity index is 336. The van der Waals surface area contributed by atoms with Gasteiger partial charge in [-0.25, -0.2) is 0 Å².